The van der Waals surface area contributed by atoms with E-state index in [2.05, 4.69) is 31.1 Å². The van der Waals surface area contributed by atoms with Crippen LogP contribution in [0.15, 0.2) is 0 Å². The highest BCUT2D eigenvalue weighted by atomic mass is 16.5. The van der Waals surface area contributed by atoms with Crippen molar-refractivity contribution in [1.29, 1.82) is 0 Å². The highest BCUT2D eigenvalue weighted by molar-refractivity contribution is 4.46. The summed E-state index contributed by atoms with van der Waals surface area (Å²) in [5, 5.41) is 3.29. The molecule has 0 aliphatic heterocycles. The number of rotatable bonds is 12. The van der Waals surface area contributed by atoms with Crippen molar-refractivity contribution in [2.45, 2.75) is 20.3 Å². The van der Waals surface area contributed by atoms with Gasteiger partial charge in [-0.3, -0.25) is 0 Å². The van der Waals surface area contributed by atoms with Gasteiger partial charge in [0.2, 0.25) is 0 Å². The monoisotopic (exact) mass is 232 g/mol. The topological polar surface area (TPSA) is 33.7 Å². The molecule has 0 aromatic rings. The molecule has 0 spiro atoms. The molecule has 0 bridgehead atoms. The third-order valence-corrected chi connectivity index (χ3v) is 2.38. The molecule has 0 amide bonds. The van der Waals surface area contributed by atoms with Gasteiger partial charge in [-0.05, 0) is 26.6 Å². The molecule has 98 valence electrons. The first kappa shape index (κ1) is 15.8. The molecule has 0 fully saturated rings. The van der Waals surface area contributed by atoms with Gasteiger partial charge in [-0.15, -0.1) is 0 Å². The van der Waals surface area contributed by atoms with E-state index in [1.54, 1.807) is 0 Å². The maximum atomic E-state index is 5.45. The van der Waals surface area contributed by atoms with Crippen molar-refractivity contribution in [3.8, 4) is 0 Å². The van der Waals surface area contributed by atoms with E-state index in [0.29, 0.717) is 13.2 Å². The van der Waals surface area contributed by atoms with Crippen LogP contribution in [0.5, 0.6) is 0 Å². The normalized spacial score (nSPS) is 11.2. The summed E-state index contributed by atoms with van der Waals surface area (Å²) in [6, 6.07) is 0. The van der Waals surface area contributed by atoms with Crippen molar-refractivity contribution in [2.24, 2.45) is 0 Å². The fourth-order valence-electron chi connectivity index (χ4n) is 1.15. The summed E-state index contributed by atoms with van der Waals surface area (Å²) in [6.45, 7) is 11.4. The fourth-order valence-corrected chi connectivity index (χ4v) is 1.15. The Bertz CT molecular complexity index is 134. The van der Waals surface area contributed by atoms with E-state index in [9.17, 15) is 0 Å². The fraction of sp³-hybridized carbons (Fsp3) is 1.00. The van der Waals surface area contributed by atoms with Crippen molar-refractivity contribution < 1.29 is 9.47 Å². The van der Waals surface area contributed by atoms with E-state index in [-0.39, 0.29) is 0 Å². The molecule has 0 unspecified atom stereocenters. The Morgan fingerprint density at radius 1 is 0.938 bits per heavy atom. The summed E-state index contributed by atoms with van der Waals surface area (Å²) in [5.74, 6) is 0. The van der Waals surface area contributed by atoms with Crippen molar-refractivity contribution in [1.82, 2.24) is 10.2 Å². The van der Waals surface area contributed by atoms with Gasteiger partial charge in [0.1, 0.15) is 0 Å². The Hall–Kier alpha value is -0.160. The van der Waals surface area contributed by atoms with Gasteiger partial charge in [-0.2, -0.15) is 0 Å². The lowest BCUT2D eigenvalue weighted by Gasteiger charge is -2.13. The zero-order valence-corrected chi connectivity index (χ0v) is 11.1. The molecule has 0 aliphatic rings. The molecule has 16 heavy (non-hydrogen) atoms. The van der Waals surface area contributed by atoms with Crippen molar-refractivity contribution in [3.63, 3.8) is 0 Å². The predicted molar refractivity (Wildman–Crippen MR) is 68.0 cm³/mol. The van der Waals surface area contributed by atoms with Gasteiger partial charge in [-0.25, -0.2) is 0 Å². The number of ether oxygens (including phenoxy) is 2. The van der Waals surface area contributed by atoms with Gasteiger partial charge in [0.25, 0.3) is 0 Å². The number of nitrogens with one attached hydrogen (secondary N) is 1. The summed E-state index contributed by atoms with van der Waals surface area (Å²) < 4.78 is 10.9. The van der Waals surface area contributed by atoms with Crippen molar-refractivity contribution in [3.05, 3.63) is 0 Å². The average Bonchev–Trinajstić information content (AvgIpc) is 2.31. The van der Waals surface area contributed by atoms with Crippen LogP contribution in [0, 0.1) is 0 Å². The Kier molecular flexibility index (Phi) is 12.8. The lowest BCUT2D eigenvalue weighted by atomic mass is 10.5. The minimum absolute atomic E-state index is 0.698. The van der Waals surface area contributed by atoms with Crippen LogP contribution in [0.2, 0.25) is 0 Å². The molecular weight excluding hydrogens is 204 g/mol. The molecule has 0 aromatic heterocycles. The minimum Gasteiger partial charge on any atom is -0.378 e. The van der Waals surface area contributed by atoms with Gasteiger partial charge >= 0.3 is 0 Å². The van der Waals surface area contributed by atoms with Crippen molar-refractivity contribution in [2.75, 3.05) is 59.7 Å². The second kappa shape index (κ2) is 12.9. The quantitative estimate of drug-likeness (QED) is 0.508. The maximum absolute atomic E-state index is 5.45. The average molecular weight is 232 g/mol. The van der Waals surface area contributed by atoms with Crippen LogP contribution >= 0.6 is 0 Å². The van der Waals surface area contributed by atoms with Crippen LogP contribution in [0.4, 0.5) is 0 Å². The van der Waals surface area contributed by atoms with Crippen LogP contribution < -0.4 is 5.32 Å². The molecule has 0 saturated heterocycles. The molecule has 0 heterocycles. The summed E-state index contributed by atoms with van der Waals surface area (Å²) in [7, 11) is 2.10. The standard InChI is InChI=1S/C12H28N2O2/c1-4-6-13-7-9-15-11-12-16-10-8-14(3)5-2/h13H,4-12H2,1-3H3. The molecular formula is C12H28N2O2. The summed E-state index contributed by atoms with van der Waals surface area (Å²) in [6.07, 6.45) is 1.17. The first-order valence-corrected chi connectivity index (χ1v) is 6.36. The molecule has 4 heteroatoms. The third kappa shape index (κ3) is 11.9. The Morgan fingerprint density at radius 2 is 1.62 bits per heavy atom. The molecule has 1 N–H and O–H groups in total. The zero-order valence-electron chi connectivity index (χ0n) is 11.1. The van der Waals surface area contributed by atoms with Gasteiger partial charge in [-0.1, -0.05) is 13.8 Å². The van der Waals surface area contributed by atoms with Crippen LogP contribution in [-0.2, 0) is 9.47 Å². The van der Waals surface area contributed by atoms with E-state index in [4.69, 9.17) is 9.47 Å². The first-order valence-electron chi connectivity index (χ1n) is 6.36. The van der Waals surface area contributed by atoms with Crippen molar-refractivity contribution >= 4 is 0 Å². The predicted octanol–water partition coefficient (Wildman–Crippen LogP) is 0.971. The lowest BCUT2D eigenvalue weighted by molar-refractivity contribution is 0.0423. The number of nitrogens with zero attached hydrogens (tertiary/aromatic N) is 1. The Labute approximate surface area is 100 Å². The zero-order chi connectivity index (χ0) is 12.1. The van der Waals surface area contributed by atoms with Crippen LogP contribution in [-0.4, -0.2) is 64.6 Å². The summed E-state index contributed by atoms with van der Waals surface area (Å²) >= 11 is 0. The molecule has 0 rings (SSSR count). The van der Waals surface area contributed by atoms with E-state index < -0.39 is 0 Å². The second-order valence-electron chi connectivity index (χ2n) is 3.87. The highest BCUT2D eigenvalue weighted by Gasteiger charge is 1.94. The van der Waals surface area contributed by atoms with E-state index in [1.807, 2.05) is 0 Å². The number of hydrogen-bond acceptors (Lipinski definition) is 4. The molecule has 0 radical (unpaired) electrons. The minimum atomic E-state index is 0.698. The van der Waals surface area contributed by atoms with E-state index in [1.165, 1.54) is 6.42 Å². The van der Waals surface area contributed by atoms with Gasteiger partial charge in [0, 0.05) is 13.1 Å². The second-order valence-corrected chi connectivity index (χ2v) is 3.87. The van der Waals surface area contributed by atoms with E-state index >= 15 is 0 Å². The molecule has 0 saturated carbocycles. The third-order valence-electron chi connectivity index (χ3n) is 2.38. The smallest absolute Gasteiger partial charge is 0.0701 e. The number of likely N-dealkylation sites (N-methyl/N-ethyl adjacent to an activating group) is 1. The van der Waals surface area contributed by atoms with Crippen LogP contribution in [0.1, 0.15) is 20.3 Å². The van der Waals surface area contributed by atoms with Gasteiger partial charge in [0.05, 0.1) is 26.4 Å². The van der Waals surface area contributed by atoms with E-state index in [0.717, 1.165) is 39.4 Å². The first-order chi connectivity index (χ1) is 7.81. The SMILES string of the molecule is CCCNCCOCCOCCN(C)CC. The summed E-state index contributed by atoms with van der Waals surface area (Å²) in [5.41, 5.74) is 0. The molecule has 0 aromatic carbocycles. The van der Waals surface area contributed by atoms with Gasteiger partial charge in [0.15, 0.2) is 0 Å². The highest BCUT2D eigenvalue weighted by Crippen LogP contribution is 1.83. The Morgan fingerprint density at radius 3 is 2.25 bits per heavy atom. The number of hydrogen-bond donors (Lipinski definition) is 1. The lowest BCUT2D eigenvalue weighted by Crippen LogP contribution is -2.24. The van der Waals surface area contributed by atoms with Crippen LogP contribution in [0.3, 0.4) is 0 Å². The maximum Gasteiger partial charge on any atom is 0.0701 e. The Balaban J connectivity index is 2.93. The molecule has 0 atom stereocenters. The molecule has 4 nitrogen and oxygen atoms in total. The summed E-state index contributed by atoms with van der Waals surface area (Å²) in [4.78, 5) is 2.23. The van der Waals surface area contributed by atoms with Gasteiger partial charge < -0.3 is 19.7 Å². The largest absolute Gasteiger partial charge is 0.378 e. The molecule has 0 aliphatic carbocycles. The van der Waals surface area contributed by atoms with Crippen LogP contribution in [0.25, 0.3) is 0 Å².